The van der Waals surface area contributed by atoms with Crippen LogP contribution in [0.25, 0.3) is 11.0 Å². The second-order valence-electron chi connectivity index (χ2n) is 6.86. The molecule has 0 spiro atoms. The van der Waals surface area contributed by atoms with E-state index in [-0.39, 0.29) is 26.5 Å². The lowest BCUT2D eigenvalue weighted by atomic mass is 10.1. The summed E-state index contributed by atoms with van der Waals surface area (Å²) in [6.45, 7) is 0. The van der Waals surface area contributed by atoms with Gasteiger partial charge in [-0.1, -0.05) is 41.9 Å². The third-order valence-corrected chi connectivity index (χ3v) is 6.78. The number of alkyl halides is 3. The van der Waals surface area contributed by atoms with E-state index >= 15 is 0 Å². The number of anilines is 1. The fourth-order valence-corrected chi connectivity index (χ4v) is 4.71. The molecular formula is C21H13BrClF3N4O3S. The van der Waals surface area contributed by atoms with Gasteiger partial charge < -0.3 is 4.74 Å². The molecule has 0 fully saturated rings. The summed E-state index contributed by atoms with van der Waals surface area (Å²) in [6.07, 6.45) is -6.38. The Labute approximate surface area is 205 Å². The average molecular weight is 574 g/mol. The molecule has 2 heterocycles. The van der Waals surface area contributed by atoms with Crippen LogP contribution in [0.4, 0.5) is 19.0 Å². The van der Waals surface area contributed by atoms with Gasteiger partial charge in [0.15, 0.2) is 0 Å². The number of fused-ring (bicyclic) bond motifs is 1. The molecule has 1 atom stereocenters. The maximum Gasteiger partial charge on any atom is 0.429 e. The van der Waals surface area contributed by atoms with Crippen molar-refractivity contribution in [1.82, 2.24) is 15.0 Å². The number of halogens is 5. The van der Waals surface area contributed by atoms with Crippen LogP contribution in [0.15, 0.2) is 76.4 Å². The van der Waals surface area contributed by atoms with Gasteiger partial charge in [0.2, 0.25) is 11.9 Å². The molecule has 0 amide bonds. The fraction of sp³-hybridized carbons (Fsp3) is 0.0952. The molecule has 7 nitrogen and oxygen atoms in total. The minimum absolute atomic E-state index is 0.0830. The number of aromatic nitrogens is 3. The van der Waals surface area contributed by atoms with Gasteiger partial charge in [0, 0.05) is 11.8 Å². The standard InChI is InChI=1S/C21H13BrClF3N4O3S/c22-17-10-9-12(11-27-17)18(21(24,25)26)33-20-19(28-14-6-2-3-7-15(14)29-20)30-34(31,32)16-8-4-1-5-13(16)23/h1-11,18H,(H,28,30). The number of hydrogen-bond donors (Lipinski definition) is 1. The molecule has 0 aliphatic rings. The zero-order valence-corrected chi connectivity index (χ0v) is 20.0. The van der Waals surface area contributed by atoms with Gasteiger partial charge in [-0.15, -0.1) is 0 Å². The van der Waals surface area contributed by atoms with Crippen molar-refractivity contribution in [3.05, 3.63) is 82.0 Å². The molecule has 2 aromatic carbocycles. The van der Waals surface area contributed by atoms with Gasteiger partial charge >= 0.3 is 6.18 Å². The van der Waals surface area contributed by atoms with E-state index in [2.05, 4.69) is 35.6 Å². The number of ether oxygens (including phenoxy) is 1. The molecule has 0 saturated carbocycles. The summed E-state index contributed by atoms with van der Waals surface area (Å²) in [5, 5.41) is -0.0830. The van der Waals surface area contributed by atoms with Crippen molar-refractivity contribution in [2.75, 3.05) is 4.72 Å². The van der Waals surface area contributed by atoms with E-state index in [1.165, 1.54) is 48.5 Å². The zero-order chi connectivity index (χ0) is 24.5. The summed E-state index contributed by atoms with van der Waals surface area (Å²) < 4.78 is 75.4. The summed E-state index contributed by atoms with van der Waals surface area (Å²) in [5.74, 6) is -1.20. The van der Waals surface area contributed by atoms with Crippen LogP contribution in [0, 0.1) is 0 Å². The maximum atomic E-state index is 13.9. The van der Waals surface area contributed by atoms with Crippen LogP contribution in [0.1, 0.15) is 11.7 Å². The van der Waals surface area contributed by atoms with Crippen LogP contribution < -0.4 is 9.46 Å². The molecule has 0 radical (unpaired) electrons. The Hall–Kier alpha value is -2.96. The number of pyridine rings is 1. The largest absolute Gasteiger partial charge is 0.457 e. The van der Waals surface area contributed by atoms with Crippen LogP contribution in [0.3, 0.4) is 0 Å². The van der Waals surface area contributed by atoms with Crippen molar-refractivity contribution in [1.29, 1.82) is 0 Å². The van der Waals surface area contributed by atoms with E-state index in [9.17, 15) is 21.6 Å². The molecule has 176 valence electrons. The normalized spacial score (nSPS) is 13.0. The Morgan fingerprint density at radius 3 is 2.24 bits per heavy atom. The van der Waals surface area contributed by atoms with Crippen molar-refractivity contribution in [3.8, 4) is 5.88 Å². The predicted octanol–water partition coefficient (Wildman–Crippen LogP) is 5.92. The average Bonchev–Trinajstić information content (AvgIpc) is 2.77. The molecular weight excluding hydrogens is 561 g/mol. The highest BCUT2D eigenvalue weighted by molar-refractivity contribution is 9.10. The first-order chi connectivity index (χ1) is 16.0. The first-order valence-electron chi connectivity index (χ1n) is 9.43. The predicted molar refractivity (Wildman–Crippen MR) is 123 cm³/mol. The van der Waals surface area contributed by atoms with E-state index in [1.807, 2.05) is 0 Å². The van der Waals surface area contributed by atoms with Gasteiger partial charge in [0.05, 0.1) is 16.1 Å². The molecule has 1 unspecified atom stereocenters. The lowest BCUT2D eigenvalue weighted by Crippen LogP contribution is -2.27. The minimum Gasteiger partial charge on any atom is -0.457 e. The Kier molecular flexibility index (Phi) is 6.65. The number of nitrogens with one attached hydrogen (secondary N) is 1. The Morgan fingerprint density at radius 1 is 0.971 bits per heavy atom. The summed E-state index contributed by atoms with van der Waals surface area (Å²) in [5.41, 5.74) is 0.124. The number of rotatable bonds is 6. The van der Waals surface area contributed by atoms with Crippen molar-refractivity contribution >= 4 is 54.4 Å². The number of para-hydroxylation sites is 2. The van der Waals surface area contributed by atoms with Crippen LogP contribution in [0.5, 0.6) is 5.88 Å². The van der Waals surface area contributed by atoms with E-state index in [0.717, 1.165) is 6.20 Å². The van der Waals surface area contributed by atoms with Crippen molar-refractivity contribution in [2.45, 2.75) is 17.2 Å². The highest BCUT2D eigenvalue weighted by Crippen LogP contribution is 2.39. The van der Waals surface area contributed by atoms with Gasteiger partial charge in [-0.05, 0) is 46.3 Å². The third-order valence-electron chi connectivity index (χ3n) is 4.48. The van der Waals surface area contributed by atoms with E-state index in [4.69, 9.17) is 16.3 Å². The number of sulfonamides is 1. The Bertz CT molecular complexity index is 1450. The topological polar surface area (TPSA) is 94.1 Å². The second kappa shape index (κ2) is 9.35. The van der Waals surface area contributed by atoms with Crippen LogP contribution >= 0.6 is 27.5 Å². The molecule has 4 aromatic rings. The highest BCUT2D eigenvalue weighted by atomic mass is 79.9. The molecule has 0 bridgehead atoms. The molecule has 34 heavy (non-hydrogen) atoms. The summed E-state index contributed by atoms with van der Waals surface area (Å²) in [4.78, 5) is 11.8. The van der Waals surface area contributed by atoms with Gasteiger partial charge in [-0.25, -0.2) is 23.4 Å². The lowest BCUT2D eigenvalue weighted by Gasteiger charge is -2.22. The van der Waals surface area contributed by atoms with E-state index in [1.54, 1.807) is 12.1 Å². The highest BCUT2D eigenvalue weighted by Gasteiger charge is 2.44. The van der Waals surface area contributed by atoms with Crippen LogP contribution in [0.2, 0.25) is 5.02 Å². The van der Waals surface area contributed by atoms with Crippen molar-refractivity contribution in [3.63, 3.8) is 0 Å². The Morgan fingerprint density at radius 2 is 1.62 bits per heavy atom. The van der Waals surface area contributed by atoms with Crippen LogP contribution in [-0.2, 0) is 10.0 Å². The summed E-state index contributed by atoms with van der Waals surface area (Å²) in [6, 6.07) is 14.3. The second-order valence-corrected chi connectivity index (χ2v) is 9.73. The number of nitrogens with zero attached hydrogens (tertiary/aromatic N) is 3. The van der Waals surface area contributed by atoms with Crippen LogP contribution in [-0.4, -0.2) is 29.5 Å². The van der Waals surface area contributed by atoms with Gasteiger partial charge in [0.1, 0.15) is 9.50 Å². The summed E-state index contributed by atoms with van der Waals surface area (Å²) in [7, 11) is -4.34. The lowest BCUT2D eigenvalue weighted by molar-refractivity contribution is -0.198. The molecule has 1 N–H and O–H groups in total. The zero-order valence-electron chi connectivity index (χ0n) is 16.8. The van der Waals surface area contributed by atoms with E-state index in [0.29, 0.717) is 4.60 Å². The number of benzene rings is 2. The first-order valence-corrected chi connectivity index (χ1v) is 12.1. The molecule has 0 saturated heterocycles. The number of hydrogen-bond acceptors (Lipinski definition) is 6. The molecule has 2 aromatic heterocycles. The van der Waals surface area contributed by atoms with E-state index < -0.39 is 34.0 Å². The maximum absolute atomic E-state index is 13.9. The van der Waals surface area contributed by atoms with Gasteiger partial charge in [-0.2, -0.15) is 13.2 Å². The van der Waals surface area contributed by atoms with Crippen molar-refractivity contribution in [2.24, 2.45) is 0 Å². The molecule has 4 rings (SSSR count). The smallest absolute Gasteiger partial charge is 0.429 e. The third kappa shape index (κ3) is 5.24. The Balaban J connectivity index is 1.82. The van der Waals surface area contributed by atoms with Gasteiger partial charge in [0.25, 0.3) is 15.9 Å². The quantitative estimate of drug-likeness (QED) is 0.288. The monoisotopic (exact) mass is 572 g/mol. The molecule has 0 aliphatic carbocycles. The first kappa shape index (κ1) is 24.2. The fourth-order valence-electron chi connectivity index (χ4n) is 2.96. The molecule has 13 heteroatoms. The van der Waals surface area contributed by atoms with Gasteiger partial charge in [-0.3, -0.25) is 4.72 Å². The minimum atomic E-state index is -4.87. The summed E-state index contributed by atoms with van der Waals surface area (Å²) >= 11 is 9.07. The molecule has 0 aliphatic heterocycles. The van der Waals surface area contributed by atoms with Crippen molar-refractivity contribution < 1.29 is 26.3 Å². The SMILES string of the molecule is O=S(=O)(Nc1nc2ccccc2nc1OC(c1ccc(Br)nc1)C(F)(F)F)c1ccccc1Cl.